The van der Waals surface area contributed by atoms with E-state index in [1.54, 1.807) is 12.3 Å². The van der Waals surface area contributed by atoms with Gasteiger partial charge in [0.25, 0.3) is 0 Å². The fraction of sp³-hybridized carbons (Fsp3) is 0.375. The maximum Gasteiger partial charge on any atom is 0.158 e. The molecular formula is C16H21ClN5PS. The smallest absolute Gasteiger partial charge is 0.158 e. The van der Waals surface area contributed by atoms with Crippen LogP contribution in [0.5, 0.6) is 0 Å². The van der Waals surface area contributed by atoms with Gasteiger partial charge in [0.05, 0.1) is 16.9 Å². The molecule has 3 rings (SSSR count). The number of benzene rings is 1. The van der Waals surface area contributed by atoms with Crippen molar-refractivity contribution in [3.63, 3.8) is 0 Å². The van der Waals surface area contributed by atoms with Crippen molar-refractivity contribution in [3.8, 4) is 0 Å². The summed E-state index contributed by atoms with van der Waals surface area (Å²) in [6, 6.07) is 5.51. The van der Waals surface area contributed by atoms with Gasteiger partial charge in [0.2, 0.25) is 0 Å². The third-order valence-corrected chi connectivity index (χ3v) is 6.36. The van der Waals surface area contributed by atoms with Gasteiger partial charge < -0.3 is 16.4 Å². The first kappa shape index (κ1) is 17.6. The van der Waals surface area contributed by atoms with Crippen molar-refractivity contribution in [3.05, 3.63) is 29.4 Å². The summed E-state index contributed by atoms with van der Waals surface area (Å²) in [5.74, 6) is 1.24. The summed E-state index contributed by atoms with van der Waals surface area (Å²) >= 11 is 7.61. The fourth-order valence-corrected chi connectivity index (χ4v) is 3.89. The van der Waals surface area contributed by atoms with E-state index in [0.717, 1.165) is 36.6 Å². The summed E-state index contributed by atoms with van der Waals surface area (Å²) in [6.07, 6.45) is 3.99. The molecule has 2 aromatic rings. The van der Waals surface area contributed by atoms with Crippen molar-refractivity contribution in [1.29, 1.82) is 0 Å². The van der Waals surface area contributed by atoms with E-state index in [1.807, 2.05) is 12.1 Å². The van der Waals surface area contributed by atoms with Gasteiger partial charge in [-0.3, -0.25) is 0 Å². The number of piperidine rings is 1. The van der Waals surface area contributed by atoms with E-state index in [2.05, 4.69) is 31.0 Å². The summed E-state index contributed by atoms with van der Waals surface area (Å²) in [4.78, 5) is 12.1. The number of halogens is 1. The standard InChI is InChI=1S/C16H21ClN5PS/c1-16(23)5-7-22(8-6-16)12-9-20-15(14(19)21-12)24-11-4-2-3-10(18)13(11)17/h2-4,9H,5-8,18,23H2,1H3,(H2,19,21). The summed E-state index contributed by atoms with van der Waals surface area (Å²) in [6.45, 7) is 4.19. The lowest BCUT2D eigenvalue weighted by atomic mass is 9.98. The number of anilines is 3. The molecule has 1 aromatic carbocycles. The second kappa shape index (κ2) is 6.95. The van der Waals surface area contributed by atoms with Crippen LogP contribution in [0.15, 0.2) is 34.3 Å². The Morgan fingerprint density at radius 1 is 1.29 bits per heavy atom. The number of rotatable bonds is 3. The second-order valence-corrected chi connectivity index (χ2v) is 9.12. The molecule has 1 aromatic heterocycles. The highest BCUT2D eigenvalue weighted by Crippen LogP contribution is 2.38. The number of nitrogens with zero attached hydrogens (tertiary/aromatic N) is 3. The van der Waals surface area contributed by atoms with E-state index in [0.29, 0.717) is 26.7 Å². The van der Waals surface area contributed by atoms with Crippen molar-refractivity contribution in [2.75, 3.05) is 29.5 Å². The molecule has 1 unspecified atom stereocenters. The molecule has 8 heteroatoms. The van der Waals surface area contributed by atoms with E-state index in [4.69, 9.17) is 23.1 Å². The highest BCUT2D eigenvalue weighted by Gasteiger charge is 2.26. The molecule has 1 aliphatic rings. The Labute approximate surface area is 153 Å². The van der Waals surface area contributed by atoms with Crippen LogP contribution >= 0.6 is 32.6 Å². The van der Waals surface area contributed by atoms with Crippen LogP contribution in [-0.4, -0.2) is 28.2 Å². The quantitative estimate of drug-likeness (QED) is 0.623. The van der Waals surface area contributed by atoms with Crippen LogP contribution in [0.25, 0.3) is 0 Å². The monoisotopic (exact) mass is 381 g/mol. The summed E-state index contributed by atoms with van der Waals surface area (Å²) in [5, 5.41) is 1.47. The van der Waals surface area contributed by atoms with E-state index >= 15 is 0 Å². The van der Waals surface area contributed by atoms with Crippen molar-refractivity contribution in [1.82, 2.24) is 9.97 Å². The fourth-order valence-electron chi connectivity index (χ4n) is 2.57. The SMILES string of the molecule is CC1(P)CCN(c2cnc(Sc3cccc(N)c3Cl)c(N)n2)CC1. The first-order valence-electron chi connectivity index (χ1n) is 7.74. The minimum Gasteiger partial charge on any atom is -0.397 e. The van der Waals surface area contributed by atoms with Crippen LogP contribution in [0.1, 0.15) is 19.8 Å². The van der Waals surface area contributed by atoms with Gasteiger partial charge in [-0.25, -0.2) is 9.97 Å². The Balaban J connectivity index is 1.77. The largest absolute Gasteiger partial charge is 0.397 e. The van der Waals surface area contributed by atoms with E-state index < -0.39 is 0 Å². The number of hydrogen-bond donors (Lipinski definition) is 2. The van der Waals surface area contributed by atoms with Crippen molar-refractivity contribution in [2.24, 2.45) is 0 Å². The number of nitrogens with two attached hydrogens (primary N) is 2. The summed E-state index contributed by atoms with van der Waals surface area (Å²) < 4.78 is 0. The topological polar surface area (TPSA) is 81.1 Å². The first-order chi connectivity index (χ1) is 11.4. The lowest BCUT2D eigenvalue weighted by molar-refractivity contribution is 0.476. The molecule has 1 saturated heterocycles. The van der Waals surface area contributed by atoms with Gasteiger partial charge >= 0.3 is 0 Å². The van der Waals surface area contributed by atoms with Crippen LogP contribution in [-0.2, 0) is 0 Å². The summed E-state index contributed by atoms with van der Waals surface area (Å²) in [7, 11) is 2.95. The number of hydrogen-bond acceptors (Lipinski definition) is 6. The highest BCUT2D eigenvalue weighted by atomic mass is 35.5. The van der Waals surface area contributed by atoms with Gasteiger partial charge in [-0.1, -0.05) is 36.4 Å². The van der Waals surface area contributed by atoms with Crippen molar-refractivity contribution < 1.29 is 0 Å². The Hall–Kier alpha value is -1.23. The van der Waals surface area contributed by atoms with Crippen LogP contribution < -0.4 is 16.4 Å². The molecule has 0 aliphatic carbocycles. The number of aromatic nitrogens is 2. The Bertz CT molecular complexity index is 745. The summed E-state index contributed by atoms with van der Waals surface area (Å²) in [5.41, 5.74) is 12.5. The lowest BCUT2D eigenvalue weighted by Crippen LogP contribution is -2.39. The molecule has 1 fully saturated rings. The molecule has 1 atom stereocenters. The molecule has 2 heterocycles. The molecule has 128 valence electrons. The second-order valence-electron chi connectivity index (χ2n) is 6.32. The van der Waals surface area contributed by atoms with Gasteiger partial charge in [-0.2, -0.15) is 0 Å². The minimum atomic E-state index is 0.315. The predicted molar refractivity (Wildman–Crippen MR) is 106 cm³/mol. The van der Waals surface area contributed by atoms with E-state index in [9.17, 15) is 0 Å². The zero-order chi connectivity index (χ0) is 17.3. The van der Waals surface area contributed by atoms with E-state index in [-0.39, 0.29) is 0 Å². The third kappa shape index (κ3) is 3.88. The Morgan fingerprint density at radius 3 is 2.67 bits per heavy atom. The zero-order valence-corrected chi connectivity index (χ0v) is 16.2. The van der Waals surface area contributed by atoms with Crippen LogP contribution in [0.3, 0.4) is 0 Å². The molecule has 24 heavy (non-hydrogen) atoms. The number of nitrogen functional groups attached to an aromatic ring is 2. The molecular weight excluding hydrogens is 361 g/mol. The van der Waals surface area contributed by atoms with Gasteiger partial charge in [-0.15, -0.1) is 9.24 Å². The first-order valence-corrected chi connectivity index (χ1v) is 9.51. The van der Waals surface area contributed by atoms with Crippen molar-refractivity contribution >= 4 is 49.9 Å². The van der Waals surface area contributed by atoms with Gasteiger partial charge in [0, 0.05) is 18.0 Å². The molecule has 1 aliphatic heterocycles. The third-order valence-electron chi connectivity index (χ3n) is 4.18. The van der Waals surface area contributed by atoms with E-state index in [1.165, 1.54) is 11.8 Å². The van der Waals surface area contributed by atoms with Crippen LogP contribution in [0, 0.1) is 0 Å². The molecule has 0 amide bonds. The van der Waals surface area contributed by atoms with Gasteiger partial charge in [0.1, 0.15) is 10.8 Å². The molecule has 0 bridgehead atoms. The maximum atomic E-state index is 6.23. The lowest BCUT2D eigenvalue weighted by Gasteiger charge is -2.37. The average molecular weight is 382 g/mol. The molecule has 0 spiro atoms. The molecule has 4 N–H and O–H groups in total. The van der Waals surface area contributed by atoms with Crippen LogP contribution in [0.4, 0.5) is 17.3 Å². The van der Waals surface area contributed by atoms with Gasteiger partial charge in [0.15, 0.2) is 5.82 Å². The predicted octanol–water partition coefficient (Wildman–Crippen LogP) is 3.68. The minimum absolute atomic E-state index is 0.315. The van der Waals surface area contributed by atoms with Crippen molar-refractivity contribution in [2.45, 2.75) is 34.8 Å². The Morgan fingerprint density at radius 2 is 2.00 bits per heavy atom. The molecule has 0 radical (unpaired) electrons. The molecule has 5 nitrogen and oxygen atoms in total. The highest BCUT2D eigenvalue weighted by molar-refractivity contribution is 7.99. The average Bonchev–Trinajstić information content (AvgIpc) is 2.53. The van der Waals surface area contributed by atoms with Gasteiger partial charge in [-0.05, 0) is 30.1 Å². The van der Waals surface area contributed by atoms with Crippen LogP contribution in [0.2, 0.25) is 5.02 Å². The normalized spacial score (nSPS) is 17.0. The Kier molecular flexibility index (Phi) is 5.09. The zero-order valence-electron chi connectivity index (χ0n) is 13.5. The maximum absolute atomic E-state index is 6.23. The molecule has 0 saturated carbocycles.